The summed E-state index contributed by atoms with van der Waals surface area (Å²) in [5.41, 5.74) is 1.09. The summed E-state index contributed by atoms with van der Waals surface area (Å²) < 4.78 is 15.1. The second-order valence-corrected chi connectivity index (χ2v) is 8.02. The lowest BCUT2D eigenvalue weighted by molar-refractivity contribution is 0.0718. The molecule has 1 fully saturated rings. The highest BCUT2D eigenvalue weighted by Crippen LogP contribution is 2.31. The summed E-state index contributed by atoms with van der Waals surface area (Å²) in [7, 11) is 0. The van der Waals surface area contributed by atoms with Crippen LogP contribution in [0, 0.1) is 12.7 Å². The van der Waals surface area contributed by atoms with E-state index in [-0.39, 0.29) is 17.4 Å². The van der Waals surface area contributed by atoms with Gasteiger partial charge >= 0.3 is 0 Å². The predicted octanol–water partition coefficient (Wildman–Crippen LogP) is 4.34. The van der Waals surface area contributed by atoms with Crippen molar-refractivity contribution in [2.24, 2.45) is 0 Å². The van der Waals surface area contributed by atoms with Crippen molar-refractivity contribution in [1.29, 1.82) is 0 Å². The molecule has 3 aromatic rings. The van der Waals surface area contributed by atoms with Crippen molar-refractivity contribution in [3.8, 4) is 0 Å². The van der Waals surface area contributed by atoms with Gasteiger partial charge in [0.1, 0.15) is 5.82 Å². The summed E-state index contributed by atoms with van der Waals surface area (Å²) in [5, 5.41) is 1.11. The molecule has 144 valence electrons. The molecule has 0 radical (unpaired) electrons. The van der Waals surface area contributed by atoms with E-state index in [9.17, 15) is 14.0 Å². The van der Waals surface area contributed by atoms with Gasteiger partial charge in [0.05, 0.1) is 10.4 Å². The Kier molecular flexibility index (Phi) is 5.13. The molecule has 0 atom stereocenters. The van der Waals surface area contributed by atoms with Gasteiger partial charge < -0.3 is 9.80 Å². The second-order valence-electron chi connectivity index (χ2n) is 6.97. The van der Waals surface area contributed by atoms with E-state index in [2.05, 4.69) is 0 Å². The van der Waals surface area contributed by atoms with Crippen molar-refractivity contribution in [1.82, 2.24) is 9.80 Å². The molecule has 1 saturated heterocycles. The number of aryl methyl sites for hydroxylation is 1. The molecule has 2 aromatic carbocycles. The maximum atomic E-state index is 14.0. The van der Waals surface area contributed by atoms with Gasteiger partial charge in [-0.2, -0.15) is 0 Å². The van der Waals surface area contributed by atoms with Gasteiger partial charge in [-0.1, -0.05) is 30.3 Å². The third-order valence-corrected chi connectivity index (χ3v) is 6.47. The molecule has 1 aliphatic heterocycles. The molecule has 6 heteroatoms. The van der Waals surface area contributed by atoms with E-state index in [1.165, 1.54) is 23.5 Å². The largest absolute Gasteiger partial charge is 0.337 e. The van der Waals surface area contributed by atoms with E-state index < -0.39 is 5.82 Å². The fraction of sp³-hybridized carbons (Fsp3) is 0.273. The van der Waals surface area contributed by atoms with Gasteiger partial charge in [-0.15, -0.1) is 11.3 Å². The molecule has 0 aliphatic carbocycles. The van der Waals surface area contributed by atoms with Gasteiger partial charge in [0, 0.05) is 30.9 Å². The van der Waals surface area contributed by atoms with Crippen LogP contribution in [0.2, 0.25) is 0 Å². The molecular weight excluding hydrogens is 375 g/mol. The topological polar surface area (TPSA) is 40.6 Å². The molecule has 0 bridgehead atoms. The zero-order valence-electron chi connectivity index (χ0n) is 15.7. The molecule has 0 N–H and O–H groups in total. The third-order valence-electron chi connectivity index (χ3n) is 5.21. The van der Waals surface area contributed by atoms with Gasteiger partial charge in [0.15, 0.2) is 0 Å². The number of hydrogen-bond donors (Lipinski definition) is 0. The highest BCUT2D eigenvalue weighted by atomic mass is 32.1. The van der Waals surface area contributed by atoms with Crippen LogP contribution in [0.25, 0.3) is 10.1 Å². The number of amides is 2. The van der Waals surface area contributed by atoms with E-state index >= 15 is 0 Å². The summed E-state index contributed by atoms with van der Waals surface area (Å²) in [6, 6.07) is 14.1. The summed E-state index contributed by atoms with van der Waals surface area (Å²) in [4.78, 5) is 30.0. The Morgan fingerprint density at radius 1 is 0.893 bits per heavy atom. The second kappa shape index (κ2) is 7.72. The van der Waals surface area contributed by atoms with Gasteiger partial charge in [-0.3, -0.25) is 9.59 Å². The zero-order chi connectivity index (χ0) is 19.7. The summed E-state index contributed by atoms with van der Waals surface area (Å²) in [6.07, 6.45) is 0.676. The van der Waals surface area contributed by atoms with Crippen LogP contribution in [0.3, 0.4) is 0 Å². The predicted molar refractivity (Wildman–Crippen MR) is 109 cm³/mol. The number of thiophene rings is 1. The molecule has 0 saturated carbocycles. The number of fused-ring (bicyclic) bond motifs is 1. The van der Waals surface area contributed by atoms with Crippen molar-refractivity contribution >= 4 is 33.2 Å². The number of carbonyl (C=O) groups excluding carboxylic acids is 2. The van der Waals surface area contributed by atoms with Crippen LogP contribution in [0.15, 0.2) is 48.5 Å². The molecular formula is C22H21FN2O2S. The maximum Gasteiger partial charge on any atom is 0.264 e. The Morgan fingerprint density at radius 3 is 2.25 bits per heavy atom. The SMILES string of the molecule is Cc1c(C(=O)N2CCCN(C(=O)c3ccccc3F)CC2)sc2ccccc12. The summed E-state index contributed by atoms with van der Waals surface area (Å²) >= 11 is 1.52. The highest BCUT2D eigenvalue weighted by Gasteiger charge is 2.26. The Bertz CT molecular complexity index is 1050. The molecule has 0 unspecified atom stereocenters. The van der Waals surface area contributed by atoms with Crippen LogP contribution in [-0.4, -0.2) is 47.8 Å². The molecule has 1 aliphatic rings. The first-order valence-electron chi connectivity index (χ1n) is 9.37. The Hall–Kier alpha value is -2.73. The zero-order valence-corrected chi connectivity index (χ0v) is 16.5. The van der Waals surface area contributed by atoms with Gasteiger partial charge in [0.25, 0.3) is 11.8 Å². The monoisotopic (exact) mass is 396 g/mol. The molecule has 4 nitrogen and oxygen atoms in total. The smallest absolute Gasteiger partial charge is 0.264 e. The van der Waals surface area contributed by atoms with E-state index in [4.69, 9.17) is 0 Å². The van der Waals surface area contributed by atoms with Crippen molar-refractivity contribution in [3.05, 3.63) is 70.4 Å². The van der Waals surface area contributed by atoms with E-state index in [0.29, 0.717) is 32.6 Å². The van der Waals surface area contributed by atoms with Crippen LogP contribution in [0.4, 0.5) is 4.39 Å². The molecule has 4 rings (SSSR count). The van der Waals surface area contributed by atoms with Crippen molar-refractivity contribution in [2.45, 2.75) is 13.3 Å². The van der Waals surface area contributed by atoms with Crippen molar-refractivity contribution < 1.29 is 14.0 Å². The number of rotatable bonds is 2. The summed E-state index contributed by atoms with van der Waals surface area (Å²) in [6.45, 7) is 3.95. The quantitative estimate of drug-likeness (QED) is 0.647. The van der Waals surface area contributed by atoms with Crippen LogP contribution in [0.1, 0.15) is 32.0 Å². The standard InChI is InChI=1S/C22H21FN2O2S/c1-15-16-7-3-5-10-19(16)28-20(15)22(27)25-12-6-11-24(13-14-25)21(26)17-8-2-4-9-18(17)23/h2-5,7-10H,6,11-14H2,1H3. The Morgan fingerprint density at radius 2 is 1.54 bits per heavy atom. The van der Waals surface area contributed by atoms with Gasteiger partial charge in [-0.05, 0) is 42.5 Å². The van der Waals surface area contributed by atoms with Crippen LogP contribution >= 0.6 is 11.3 Å². The third kappa shape index (κ3) is 3.40. The molecule has 2 heterocycles. The minimum atomic E-state index is -0.509. The Labute approximate surface area is 167 Å². The van der Waals surface area contributed by atoms with Crippen molar-refractivity contribution in [2.75, 3.05) is 26.2 Å². The molecule has 1 aromatic heterocycles. The number of carbonyl (C=O) groups is 2. The first-order chi connectivity index (χ1) is 13.6. The molecule has 28 heavy (non-hydrogen) atoms. The average Bonchev–Trinajstić information content (AvgIpc) is 2.89. The lowest BCUT2D eigenvalue weighted by atomic mass is 10.1. The van der Waals surface area contributed by atoms with Gasteiger partial charge in [0.2, 0.25) is 0 Å². The number of nitrogens with zero attached hydrogens (tertiary/aromatic N) is 2. The molecule has 2 amide bonds. The summed E-state index contributed by atoms with van der Waals surface area (Å²) in [5.74, 6) is -0.810. The van der Waals surface area contributed by atoms with Gasteiger partial charge in [-0.25, -0.2) is 4.39 Å². The number of hydrogen-bond acceptors (Lipinski definition) is 3. The highest BCUT2D eigenvalue weighted by molar-refractivity contribution is 7.21. The van der Waals surface area contributed by atoms with Crippen LogP contribution in [-0.2, 0) is 0 Å². The van der Waals surface area contributed by atoms with Crippen LogP contribution in [0.5, 0.6) is 0 Å². The van der Waals surface area contributed by atoms with E-state index in [1.54, 1.807) is 17.0 Å². The average molecular weight is 396 g/mol. The van der Waals surface area contributed by atoms with Crippen LogP contribution < -0.4 is 0 Å². The fourth-order valence-electron chi connectivity index (χ4n) is 3.65. The Balaban J connectivity index is 1.50. The number of benzene rings is 2. The fourth-order valence-corrected chi connectivity index (χ4v) is 4.83. The normalized spacial score (nSPS) is 14.9. The van der Waals surface area contributed by atoms with E-state index in [0.717, 1.165) is 20.5 Å². The minimum Gasteiger partial charge on any atom is -0.337 e. The first kappa shape index (κ1) is 18.6. The minimum absolute atomic E-state index is 0.0129. The maximum absolute atomic E-state index is 14.0. The lowest BCUT2D eigenvalue weighted by Crippen LogP contribution is -2.37. The van der Waals surface area contributed by atoms with Crippen molar-refractivity contribution in [3.63, 3.8) is 0 Å². The number of halogens is 1. The molecule has 0 spiro atoms. The lowest BCUT2D eigenvalue weighted by Gasteiger charge is -2.22. The first-order valence-corrected chi connectivity index (χ1v) is 10.2. The van der Waals surface area contributed by atoms with E-state index in [1.807, 2.05) is 36.1 Å².